The second kappa shape index (κ2) is 8.32. The number of rotatable bonds is 5. The Morgan fingerprint density at radius 2 is 1.78 bits per heavy atom. The minimum absolute atomic E-state index is 0.0527. The predicted molar refractivity (Wildman–Crippen MR) is 125 cm³/mol. The Hall–Kier alpha value is -3.31. The predicted octanol–water partition coefficient (Wildman–Crippen LogP) is 6.79. The van der Waals surface area contributed by atoms with Crippen molar-refractivity contribution in [3.05, 3.63) is 114 Å². The molecule has 1 aliphatic rings. The van der Waals surface area contributed by atoms with Crippen LogP contribution in [0.1, 0.15) is 35.0 Å². The molecule has 1 unspecified atom stereocenters. The fourth-order valence-corrected chi connectivity index (χ4v) is 5.08. The van der Waals surface area contributed by atoms with Crippen LogP contribution in [-0.2, 0) is 11.4 Å². The number of nitrogens with zero attached hydrogens (tertiary/aromatic N) is 1. The number of ether oxygens (including phenoxy) is 1. The van der Waals surface area contributed by atoms with Gasteiger partial charge in [-0.25, -0.2) is 4.39 Å². The molecule has 0 fully saturated rings. The summed E-state index contributed by atoms with van der Waals surface area (Å²) >= 11 is 1.58. The lowest BCUT2D eigenvalue weighted by Crippen LogP contribution is -2.41. The van der Waals surface area contributed by atoms with Gasteiger partial charge in [-0.15, -0.1) is 11.8 Å². The number of carbonyl (C=O) groups excluding carboxylic acids is 1. The van der Waals surface area contributed by atoms with Crippen LogP contribution in [-0.4, -0.2) is 10.4 Å². The molecule has 1 aliphatic heterocycles. The number of benzene rings is 3. The molecule has 32 heavy (non-hydrogen) atoms. The Balaban J connectivity index is 1.48. The van der Waals surface area contributed by atoms with Gasteiger partial charge in [0.25, 0.3) is 0 Å². The van der Waals surface area contributed by atoms with Crippen molar-refractivity contribution in [3.63, 3.8) is 0 Å². The second-order valence-corrected chi connectivity index (χ2v) is 8.83. The summed E-state index contributed by atoms with van der Waals surface area (Å²) in [6.45, 7) is 1.98. The van der Waals surface area contributed by atoms with E-state index in [9.17, 15) is 9.18 Å². The smallest absolute Gasteiger partial charge is 0.227 e. The summed E-state index contributed by atoms with van der Waals surface area (Å²) in [6, 6.07) is 26.1. The van der Waals surface area contributed by atoms with Gasteiger partial charge in [-0.1, -0.05) is 49.4 Å². The Kier molecular flexibility index (Phi) is 5.35. The van der Waals surface area contributed by atoms with Crippen LogP contribution in [0.5, 0.6) is 5.75 Å². The SMILES string of the molecule is CCC1(c2ccc(CSc3cccc(F)c3)cc2)Oc2ccccc2-n2cccc2C1=O. The Labute approximate surface area is 190 Å². The van der Waals surface area contributed by atoms with Gasteiger partial charge in [0.05, 0.1) is 11.4 Å². The molecule has 0 bridgehead atoms. The standard InChI is InChI=1S/C27H22FNO2S/c1-2-27(20-14-12-19(13-15-20)18-32-22-8-5-7-21(28)17-22)26(30)24-10-6-16-29(24)23-9-3-4-11-25(23)31-27/h3-17H,2,18H2,1H3. The molecule has 2 heterocycles. The average molecular weight is 444 g/mol. The highest BCUT2D eigenvalue weighted by atomic mass is 32.2. The highest BCUT2D eigenvalue weighted by Gasteiger charge is 2.45. The van der Waals surface area contributed by atoms with Crippen molar-refractivity contribution in [1.29, 1.82) is 0 Å². The van der Waals surface area contributed by atoms with Gasteiger partial charge in [-0.3, -0.25) is 4.79 Å². The molecule has 0 saturated heterocycles. The average Bonchev–Trinajstić information content (AvgIpc) is 3.28. The number of thioether (sulfide) groups is 1. The van der Waals surface area contributed by atoms with Crippen LogP contribution in [0.15, 0.2) is 96.0 Å². The van der Waals surface area contributed by atoms with Gasteiger partial charge >= 0.3 is 0 Å². The minimum atomic E-state index is -1.10. The van der Waals surface area contributed by atoms with Crippen LogP contribution in [0.25, 0.3) is 5.69 Å². The molecule has 3 aromatic carbocycles. The topological polar surface area (TPSA) is 31.2 Å². The summed E-state index contributed by atoms with van der Waals surface area (Å²) in [5.41, 5.74) is 2.30. The lowest BCUT2D eigenvalue weighted by atomic mass is 9.84. The van der Waals surface area contributed by atoms with Gasteiger partial charge in [0, 0.05) is 22.4 Å². The van der Waals surface area contributed by atoms with E-state index in [1.807, 2.05) is 84.4 Å². The molecule has 5 rings (SSSR count). The van der Waals surface area contributed by atoms with E-state index in [1.165, 1.54) is 12.1 Å². The normalized spacial score (nSPS) is 17.2. The molecule has 0 spiro atoms. The molecule has 160 valence electrons. The van der Waals surface area contributed by atoms with Crippen LogP contribution < -0.4 is 4.74 Å². The van der Waals surface area contributed by atoms with E-state index in [1.54, 1.807) is 17.8 Å². The van der Waals surface area contributed by atoms with Crippen LogP contribution in [0.4, 0.5) is 4.39 Å². The first-order valence-electron chi connectivity index (χ1n) is 10.6. The molecule has 4 aromatic rings. The van der Waals surface area contributed by atoms with Crippen molar-refractivity contribution in [2.45, 2.75) is 29.6 Å². The van der Waals surface area contributed by atoms with Crippen molar-refractivity contribution in [2.75, 3.05) is 0 Å². The monoisotopic (exact) mass is 443 g/mol. The van der Waals surface area contributed by atoms with E-state index in [0.29, 0.717) is 23.6 Å². The molecule has 0 N–H and O–H groups in total. The summed E-state index contributed by atoms with van der Waals surface area (Å²) in [4.78, 5) is 14.6. The number of halogens is 1. The van der Waals surface area contributed by atoms with Gasteiger partial charge in [0.2, 0.25) is 5.78 Å². The fourth-order valence-electron chi connectivity index (χ4n) is 4.18. The van der Waals surface area contributed by atoms with Crippen molar-refractivity contribution in [1.82, 2.24) is 4.57 Å². The molecule has 0 amide bonds. The molecular formula is C27H22FNO2S. The number of hydrogen-bond acceptors (Lipinski definition) is 3. The maximum Gasteiger partial charge on any atom is 0.227 e. The van der Waals surface area contributed by atoms with Crippen molar-refractivity contribution in [2.24, 2.45) is 0 Å². The summed E-state index contributed by atoms with van der Waals surface area (Å²) in [5, 5.41) is 0. The number of hydrogen-bond donors (Lipinski definition) is 0. The summed E-state index contributed by atoms with van der Waals surface area (Å²) in [7, 11) is 0. The number of carbonyl (C=O) groups is 1. The van der Waals surface area contributed by atoms with Crippen molar-refractivity contribution >= 4 is 17.5 Å². The van der Waals surface area contributed by atoms with Gasteiger partial charge in [0.1, 0.15) is 11.6 Å². The van der Waals surface area contributed by atoms with Crippen LogP contribution in [0.2, 0.25) is 0 Å². The third-order valence-corrected chi connectivity index (χ3v) is 6.94. The summed E-state index contributed by atoms with van der Waals surface area (Å²) < 4.78 is 21.8. The molecule has 5 heteroatoms. The second-order valence-electron chi connectivity index (χ2n) is 7.79. The number of Topliss-reactive ketones (excluding diaryl/α,β-unsaturated/α-hetero) is 1. The van der Waals surface area contributed by atoms with E-state index in [0.717, 1.165) is 21.7 Å². The Morgan fingerprint density at radius 1 is 0.969 bits per heavy atom. The molecule has 0 radical (unpaired) electrons. The van der Waals surface area contributed by atoms with Crippen LogP contribution >= 0.6 is 11.8 Å². The number of fused-ring (bicyclic) bond motifs is 3. The maximum absolute atomic E-state index is 13.8. The lowest BCUT2D eigenvalue weighted by Gasteiger charge is -2.31. The largest absolute Gasteiger partial charge is 0.472 e. The maximum atomic E-state index is 13.8. The molecule has 3 nitrogen and oxygen atoms in total. The van der Waals surface area contributed by atoms with Gasteiger partial charge < -0.3 is 9.30 Å². The van der Waals surface area contributed by atoms with E-state index >= 15 is 0 Å². The number of ketones is 1. The van der Waals surface area contributed by atoms with E-state index in [4.69, 9.17) is 4.74 Å². The van der Waals surface area contributed by atoms with E-state index in [-0.39, 0.29) is 11.6 Å². The molecule has 0 saturated carbocycles. The lowest BCUT2D eigenvalue weighted by molar-refractivity contribution is 0.0424. The molecule has 0 aliphatic carbocycles. The molecule has 1 aromatic heterocycles. The summed E-state index contributed by atoms with van der Waals surface area (Å²) in [5.74, 6) is 1.11. The van der Waals surface area contributed by atoms with E-state index in [2.05, 4.69) is 0 Å². The first-order chi connectivity index (χ1) is 15.6. The van der Waals surface area contributed by atoms with Gasteiger partial charge in [0.15, 0.2) is 5.60 Å². The number of aromatic nitrogens is 1. The quantitative estimate of drug-likeness (QED) is 0.318. The summed E-state index contributed by atoms with van der Waals surface area (Å²) in [6.07, 6.45) is 2.40. The highest BCUT2D eigenvalue weighted by Crippen LogP contribution is 2.41. The minimum Gasteiger partial charge on any atom is -0.472 e. The van der Waals surface area contributed by atoms with Crippen LogP contribution in [0.3, 0.4) is 0 Å². The Bertz CT molecular complexity index is 1280. The molecular weight excluding hydrogens is 421 g/mol. The van der Waals surface area contributed by atoms with Crippen LogP contribution in [0, 0.1) is 5.82 Å². The fraction of sp³-hybridized carbons (Fsp3) is 0.148. The first-order valence-corrected chi connectivity index (χ1v) is 11.6. The van der Waals surface area contributed by atoms with Gasteiger partial charge in [-0.2, -0.15) is 0 Å². The number of para-hydroxylation sites is 2. The zero-order chi connectivity index (χ0) is 22.1. The first kappa shape index (κ1) is 20.6. The van der Waals surface area contributed by atoms with Crippen molar-refractivity contribution in [3.8, 4) is 11.4 Å². The highest BCUT2D eigenvalue weighted by molar-refractivity contribution is 7.98. The van der Waals surface area contributed by atoms with E-state index < -0.39 is 5.60 Å². The zero-order valence-electron chi connectivity index (χ0n) is 17.6. The third kappa shape index (κ3) is 3.53. The zero-order valence-corrected chi connectivity index (χ0v) is 18.4. The van der Waals surface area contributed by atoms with Gasteiger partial charge in [-0.05, 0) is 54.4 Å². The third-order valence-electron chi connectivity index (χ3n) is 5.88. The Morgan fingerprint density at radius 3 is 2.56 bits per heavy atom. The van der Waals surface area contributed by atoms with Crippen molar-refractivity contribution < 1.29 is 13.9 Å². The molecule has 1 atom stereocenters.